The number of nitrogens with zero attached hydrogens (tertiary/aromatic N) is 2. The zero-order chi connectivity index (χ0) is 19.4. The first-order chi connectivity index (χ1) is 12.8. The van der Waals surface area contributed by atoms with Gasteiger partial charge in [0.05, 0.1) is 5.56 Å². The number of amides is 1. The molecular weight excluding hydrogens is 427 g/mol. The van der Waals surface area contributed by atoms with Crippen LogP contribution in [0.3, 0.4) is 0 Å². The first-order valence-electron chi connectivity index (χ1n) is 7.87. The van der Waals surface area contributed by atoms with Gasteiger partial charge < -0.3 is 9.73 Å². The lowest BCUT2D eigenvalue weighted by Gasteiger charge is -2.06. The van der Waals surface area contributed by atoms with Crippen molar-refractivity contribution in [2.75, 3.05) is 5.32 Å². The van der Waals surface area contributed by atoms with Crippen LogP contribution in [0.5, 0.6) is 0 Å². The van der Waals surface area contributed by atoms with Crippen molar-refractivity contribution in [1.29, 1.82) is 0 Å². The second kappa shape index (κ2) is 7.91. The molecule has 140 valence electrons. The van der Waals surface area contributed by atoms with E-state index in [4.69, 9.17) is 4.42 Å². The fourth-order valence-electron chi connectivity index (χ4n) is 2.31. The molecule has 1 N–H and O–H groups in total. The van der Waals surface area contributed by atoms with Gasteiger partial charge in [-0.25, -0.2) is 0 Å². The molecule has 1 amide bonds. The molecule has 1 heterocycles. The molecular formula is C18H13BrF3N3O2. The topological polar surface area (TPSA) is 68.0 Å². The summed E-state index contributed by atoms with van der Waals surface area (Å²) in [5, 5.41) is 10.3. The molecule has 3 aromatic rings. The van der Waals surface area contributed by atoms with Gasteiger partial charge in [-0.2, -0.15) is 13.2 Å². The molecule has 0 aliphatic rings. The molecule has 27 heavy (non-hydrogen) atoms. The van der Waals surface area contributed by atoms with Crippen LogP contribution in [0.25, 0.3) is 11.5 Å². The largest absolute Gasteiger partial charge is 0.421 e. The minimum absolute atomic E-state index is 0.0245. The van der Waals surface area contributed by atoms with Crippen molar-refractivity contribution in [3.8, 4) is 11.5 Å². The molecule has 0 atom stereocenters. The first kappa shape index (κ1) is 19.1. The molecule has 0 aliphatic carbocycles. The van der Waals surface area contributed by atoms with Gasteiger partial charge in [0.25, 0.3) is 0 Å². The van der Waals surface area contributed by atoms with E-state index in [1.54, 1.807) is 18.2 Å². The number of rotatable bonds is 5. The minimum atomic E-state index is -4.45. The van der Waals surface area contributed by atoms with Crippen LogP contribution in [0.2, 0.25) is 0 Å². The Morgan fingerprint density at radius 3 is 2.63 bits per heavy atom. The van der Waals surface area contributed by atoms with Gasteiger partial charge in [-0.1, -0.05) is 28.1 Å². The lowest BCUT2D eigenvalue weighted by molar-refractivity contribution is -0.137. The van der Waals surface area contributed by atoms with Gasteiger partial charge in [0.2, 0.25) is 17.7 Å². The number of nitrogens with one attached hydrogen (secondary N) is 1. The molecule has 0 unspecified atom stereocenters. The number of carbonyl (C=O) groups excluding carboxylic acids is 1. The summed E-state index contributed by atoms with van der Waals surface area (Å²) in [6.45, 7) is 0. The van der Waals surface area contributed by atoms with Gasteiger partial charge >= 0.3 is 6.18 Å². The van der Waals surface area contributed by atoms with Gasteiger partial charge in [0, 0.05) is 28.6 Å². The fourth-order valence-corrected chi connectivity index (χ4v) is 2.71. The maximum atomic E-state index is 12.8. The maximum Gasteiger partial charge on any atom is 0.416 e. The molecule has 1 aromatic heterocycles. The van der Waals surface area contributed by atoms with Gasteiger partial charge in [-0.05, 0) is 36.4 Å². The molecule has 9 heteroatoms. The number of halogens is 4. The Labute approximate surface area is 160 Å². The monoisotopic (exact) mass is 439 g/mol. The van der Waals surface area contributed by atoms with E-state index in [9.17, 15) is 18.0 Å². The predicted octanol–water partition coefficient (Wildman–Crippen LogP) is 5.09. The van der Waals surface area contributed by atoms with Crippen molar-refractivity contribution >= 4 is 27.5 Å². The number of aromatic nitrogens is 2. The van der Waals surface area contributed by atoms with Crippen molar-refractivity contribution in [2.24, 2.45) is 0 Å². The van der Waals surface area contributed by atoms with E-state index in [1.807, 2.05) is 6.07 Å². The summed E-state index contributed by atoms with van der Waals surface area (Å²) in [6.07, 6.45) is -4.19. The highest BCUT2D eigenvalue weighted by molar-refractivity contribution is 9.10. The lowest BCUT2D eigenvalue weighted by atomic mass is 10.1. The Balaban J connectivity index is 1.62. The number of aryl methyl sites for hydroxylation is 1. The van der Waals surface area contributed by atoms with E-state index >= 15 is 0 Å². The second-order valence-electron chi connectivity index (χ2n) is 5.64. The average Bonchev–Trinajstić information content (AvgIpc) is 3.08. The van der Waals surface area contributed by atoms with Crippen LogP contribution in [0.1, 0.15) is 17.9 Å². The number of alkyl halides is 3. The van der Waals surface area contributed by atoms with Crippen molar-refractivity contribution < 1.29 is 22.4 Å². The molecule has 0 spiro atoms. The molecule has 0 radical (unpaired) electrons. The molecule has 0 saturated heterocycles. The molecule has 0 fully saturated rings. The van der Waals surface area contributed by atoms with Crippen LogP contribution < -0.4 is 5.32 Å². The molecule has 0 saturated carbocycles. The van der Waals surface area contributed by atoms with Crippen LogP contribution >= 0.6 is 15.9 Å². The average molecular weight is 440 g/mol. The van der Waals surface area contributed by atoms with E-state index < -0.39 is 11.7 Å². The van der Waals surface area contributed by atoms with Gasteiger partial charge in [-0.15, -0.1) is 10.2 Å². The highest BCUT2D eigenvalue weighted by Gasteiger charge is 2.30. The van der Waals surface area contributed by atoms with Gasteiger partial charge in [-0.3, -0.25) is 4.79 Å². The van der Waals surface area contributed by atoms with Crippen LogP contribution in [0.15, 0.2) is 57.4 Å². The van der Waals surface area contributed by atoms with Crippen molar-refractivity contribution in [3.63, 3.8) is 0 Å². The van der Waals surface area contributed by atoms with E-state index in [0.29, 0.717) is 5.69 Å². The third-order valence-corrected chi connectivity index (χ3v) is 4.07. The summed E-state index contributed by atoms with van der Waals surface area (Å²) < 4.78 is 44.6. The molecule has 0 bridgehead atoms. The standard InChI is InChI=1S/C18H13BrF3N3O2/c19-13-5-2-6-14(10-13)23-15(26)7-8-16-24-25-17(27-16)11-3-1-4-12(9-11)18(20,21)22/h1-6,9-10H,7-8H2,(H,23,26). The quantitative estimate of drug-likeness (QED) is 0.601. The van der Waals surface area contributed by atoms with Crippen LogP contribution in [0, 0.1) is 0 Å². The molecule has 0 aliphatic heterocycles. The number of hydrogen-bond acceptors (Lipinski definition) is 4. The summed E-state index contributed by atoms with van der Waals surface area (Å²) >= 11 is 3.31. The zero-order valence-electron chi connectivity index (χ0n) is 13.8. The van der Waals surface area contributed by atoms with Crippen LogP contribution in [0.4, 0.5) is 18.9 Å². The normalized spacial score (nSPS) is 11.4. The first-order valence-corrected chi connectivity index (χ1v) is 8.66. The number of hydrogen-bond donors (Lipinski definition) is 1. The Bertz CT molecular complexity index is 957. The minimum Gasteiger partial charge on any atom is -0.421 e. The van der Waals surface area contributed by atoms with Crippen LogP contribution in [-0.4, -0.2) is 16.1 Å². The highest BCUT2D eigenvalue weighted by Crippen LogP contribution is 2.31. The summed E-state index contributed by atoms with van der Waals surface area (Å²) in [5.74, 6) is -0.0952. The van der Waals surface area contributed by atoms with Crippen molar-refractivity contribution in [1.82, 2.24) is 10.2 Å². The van der Waals surface area contributed by atoms with E-state index in [2.05, 4.69) is 31.4 Å². The predicted molar refractivity (Wildman–Crippen MR) is 95.8 cm³/mol. The van der Waals surface area contributed by atoms with Crippen molar-refractivity contribution in [2.45, 2.75) is 19.0 Å². The number of benzene rings is 2. The Morgan fingerprint density at radius 1 is 1.11 bits per heavy atom. The number of carbonyl (C=O) groups is 1. The second-order valence-corrected chi connectivity index (χ2v) is 6.55. The van der Waals surface area contributed by atoms with Gasteiger partial charge in [0.15, 0.2) is 0 Å². The third kappa shape index (κ3) is 5.16. The van der Waals surface area contributed by atoms with E-state index in [1.165, 1.54) is 12.1 Å². The Hall–Kier alpha value is -2.68. The summed E-state index contributed by atoms with van der Waals surface area (Å²) in [7, 11) is 0. The molecule has 2 aromatic carbocycles. The number of anilines is 1. The molecule has 3 rings (SSSR count). The maximum absolute atomic E-state index is 12.8. The van der Waals surface area contributed by atoms with Gasteiger partial charge in [0.1, 0.15) is 0 Å². The fraction of sp³-hybridized carbons (Fsp3) is 0.167. The summed E-state index contributed by atoms with van der Waals surface area (Å²) in [4.78, 5) is 12.0. The Morgan fingerprint density at radius 2 is 1.89 bits per heavy atom. The van der Waals surface area contributed by atoms with Crippen LogP contribution in [-0.2, 0) is 17.4 Å². The highest BCUT2D eigenvalue weighted by atomic mass is 79.9. The zero-order valence-corrected chi connectivity index (χ0v) is 15.3. The lowest BCUT2D eigenvalue weighted by Crippen LogP contribution is -2.12. The van der Waals surface area contributed by atoms with Crippen molar-refractivity contribution in [3.05, 3.63) is 64.5 Å². The Kier molecular flexibility index (Phi) is 5.59. The van der Waals surface area contributed by atoms with E-state index in [-0.39, 0.29) is 36.1 Å². The van der Waals surface area contributed by atoms with E-state index in [0.717, 1.165) is 16.6 Å². The SMILES string of the molecule is O=C(CCc1nnc(-c2cccc(C(F)(F)F)c2)o1)Nc1cccc(Br)c1. The summed E-state index contributed by atoms with van der Waals surface area (Å²) in [5.41, 5.74) is 0.0138. The third-order valence-electron chi connectivity index (χ3n) is 3.58. The summed E-state index contributed by atoms with van der Waals surface area (Å²) in [6, 6.07) is 11.8. The smallest absolute Gasteiger partial charge is 0.416 e. The molecule has 5 nitrogen and oxygen atoms in total.